The van der Waals surface area contributed by atoms with Gasteiger partial charge in [0.1, 0.15) is 5.56 Å². The Hall–Kier alpha value is -1.62. The number of rotatable bonds is 3. The summed E-state index contributed by atoms with van der Waals surface area (Å²) < 4.78 is 5.39. The first-order valence-corrected chi connectivity index (χ1v) is 8.88. The fraction of sp³-hybridized carbons (Fsp3) is 0.667. The molecule has 0 spiro atoms. The largest absolute Gasteiger partial charge is 0.480 e. The second-order valence-corrected chi connectivity index (χ2v) is 6.97. The van der Waals surface area contributed by atoms with Gasteiger partial charge in [-0.15, -0.1) is 0 Å². The van der Waals surface area contributed by atoms with Crippen molar-refractivity contribution < 1.29 is 9.53 Å². The molecule has 5 nitrogen and oxygen atoms in total. The van der Waals surface area contributed by atoms with Crippen LogP contribution in [0.15, 0.2) is 6.07 Å². The second kappa shape index (κ2) is 6.11. The highest BCUT2D eigenvalue weighted by Crippen LogP contribution is 2.29. The molecule has 0 aromatic carbocycles. The summed E-state index contributed by atoms with van der Waals surface area (Å²) in [4.78, 5) is 19.9. The molecule has 1 N–H and O–H groups in total. The predicted molar refractivity (Wildman–Crippen MR) is 87.9 cm³/mol. The van der Waals surface area contributed by atoms with Crippen LogP contribution in [0.2, 0.25) is 0 Å². The number of hydrogen-bond acceptors (Lipinski definition) is 4. The van der Waals surface area contributed by atoms with Gasteiger partial charge in [-0.25, -0.2) is 4.98 Å². The molecule has 3 aliphatic rings. The third kappa shape index (κ3) is 2.71. The number of nitrogens with one attached hydrogen (secondary N) is 1. The average molecular weight is 315 g/mol. The van der Waals surface area contributed by atoms with Crippen LogP contribution in [0.5, 0.6) is 5.88 Å². The second-order valence-electron chi connectivity index (χ2n) is 6.97. The Morgan fingerprint density at radius 3 is 2.91 bits per heavy atom. The van der Waals surface area contributed by atoms with Gasteiger partial charge < -0.3 is 10.1 Å². The summed E-state index contributed by atoms with van der Waals surface area (Å²) in [5, 5.41) is 3.27. The number of hydrogen-bond donors (Lipinski definition) is 1. The quantitative estimate of drug-likeness (QED) is 0.926. The Balaban J connectivity index is 1.55. The van der Waals surface area contributed by atoms with E-state index in [0.29, 0.717) is 17.5 Å². The standard InChI is InChI=1S/C18H25N3O2/c1-23-18-13(11-12-5-2-6-14(12)20-18)17(22)19-15-7-3-9-21-10-4-8-16(15)21/h11,15-16H,2-10H2,1H3,(H,19,22)/t15-,16-/m0/s1. The molecule has 4 rings (SSSR count). The van der Waals surface area contributed by atoms with Crippen LogP contribution in [0.25, 0.3) is 0 Å². The number of carbonyl (C=O) groups excluding carboxylic acids is 1. The lowest BCUT2D eigenvalue weighted by molar-refractivity contribution is 0.0864. The molecule has 3 heterocycles. The maximum Gasteiger partial charge on any atom is 0.257 e. The third-order valence-electron chi connectivity index (χ3n) is 5.61. The smallest absolute Gasteiger partial charge is 0.257 e. The minimum atomic E-state index is -0.0252. The Bertz CT molecular complexity index is 617. The van der Waals surface area contributed by atoms with Crippen LogP contribution in [0.4, 0.5) is 0 Å². The molecular formula is C18H25N3O2. The van der Waals surface area contributed by atoms with Gasteiger partial charge >= 0.3 is 0 Å². The summed E-state index contributed by atoms with van der Waals surface area (Å²) in [6.45, 7) is 2.36. The number of fused-ring (bicyclic) bond motifs is 2. The van der Waals surface area contributed by atoms with Crippen molar-refractivity contribution in [3.05, 3.63) is 22.9 Å². The van der Waals surface area contributed by atoms with Gasteiger partial charge in [0.25, 0.3) is 5.91 Å². The van der Waals surface area contributed by atoms with E-state index in [-0.39, 0.29) is 11.9 Å². The molecule has 0 saturated carbocycles. The van der Waals surface area contributed by atoms with Gasteiger partial charge in [0, 0.05) is 17.8 Å². The van der Waals surface area contributed by atoms with Crippen molar-refractivity contribution in [1.29, 1.82) is 0 Å². The fourth-order valence-electron chi connectivity index (χ4n) is 4.48. The summed E-state index contributed by atoms with van der Waals surface area (Å²) in [7, 11) is 1.60. The first-order valence-electron chi connectivity index (χ1n) is 8.88. The van der Waals surface area contributed by atoms with E-state index in [9.17, 15) is 4.79 Å². The minimum Gasteiger partial charge on any atom is -0.480 e. The molecule has 0 radical (unpaired) electrons. The van der Waals surface area contributed by atoms with E-state index in [1.54, 1.807) is 7.11 Å². The van der Waals surface area contributed by atoms with Gasteiger partial charge in [-0.05, 0) is 69.7 Å². The van der Waals surface area contributed by atoms with Crippen molar-refractivity contribution in [2.75, 3.05) is 20.2 Å². The predicted octanol–water partition coefficient (Wildman–Crippen LogP) is 1.94. The van der Waals surface area contributed by atoms with Gasteiger partial charge in [-0.1, -0.05) is 0 Å². The topological polar surface area (TPSA) is 54.5 Å². The Morgan fingerprint density at radius 2 is 2.09 bits per heavy atom. The molecule has 1 aliphatic carbocycles. The van der Waals surface area contributed by atoms with Gasteiger partial charge in [0.15, 0.2) is 0 Å². The van der Waals surface area contributed by atoms with Crippen molar-refractivity contribution in [2.45, 2.75) is 57.0 Å². The highest BCUT2D eigenvalue weighted by molar-refractivity contribution is 5.97. The maximum atomic E-state index is 12.8. The molecule has 2 saturated heterocycles. The van der Waals surface area contributed by atoms with Crippen LogP contribution in [0.3, 0.4) is 0 Å². The van der Waals surface area contributed by atoms with Crippen molar-refractivity contribution in [2.24, 2.45) is 0 Å². The Kier molecular flexibility index (Phi) is 3.97. The van der Waals surface area contributed by atoms with E-state index in [2.05, 4.69) is 15.2 Å². The Labute approximate surface area is 137 Å². The number of amides is 1. The van der Waals surface area contributed by atoms with Crippen LogP contribution >= 0.6 is 0 Å². The van der Waals surface area contributed by atoms with E-state index >= 15 is 0 Å². The zero-order valence-electron chi connectivity index (χ0n) is 13.8. The molecule has 1 amide bonds. The lowest BCUT2D eigenvalue weighted by Crippen LogP contribution is -2.52. The first-order chi connectivity index (χ1) is 11.3. The zero-order chi connectivity index (χ0) is 15.8. The van der Waals surface area contributed by atoms with Gasteiger partial charge in [-0.3, -0.25) is 9.69 Å². The van der Waals surface area contributed by atoms with E-state index in [0.717, 1.165) is 31.4 Å². The molecule has 2 aliphatic heterocycles. The number of piperidine rings is 1. The van der Waals surface area contributed by atoms with Crippen molar-refractivity contribution in [1.82, 2.24) is 15.2 Å². The zero-order valence-corrected chi connectivity index (χ0v) is 13.8. The summed E-state index contributed by atoms with van der Waals surface area (Å²) in [6.07, 6.45) is 7.83. The summed E-state index contributed by atoms with van der Waals surface area (Å²) in [6, 6.07) is 2.77. The van der Waals surface area contributed by atoms with Gasteiger partial charge in [0.05, 0.1) is 7.11 Å². The summed E-state index contributed by atoms with van der Waals surface area (Å²) in [5.74, 6) is 0.449. The van der Waals surface area contributed by atoms with Crippen LogP contribution in [0, 0.1) is 0 Å². The third-order valence-corrected chi connectivity index (χ3v) is 5.61. The lowest BCUT2D eigenvalue weighted by atomic mass is 9.96. The highest BCUT2D eigenvalue weighted by atomic mass is 16.5. The summed E-state index contributed by atoms with van der Waals surface area (Å²) >= 11 is 0. The van der Waals surface area contributed by atoms with Crippen LogP contribution in [-0.4, -0.2) is 48.1 Å². The molecule has 2 fully saturated rings. The molecule has 124 valence electrons. The molecule has 0 unspecified atom stereocenters. The summed E-state index contributed by atoms with van der Waals surface area (Å²) in [5.41, 5.74) is 2.91. The molecule has 0 bridgehead atoms. The minimum absolute atomic E-state index is 0.0252. The molecule has 1 aromatic heterocycles. The number of methoxy groups -OCH3 is 1. The van der Waals surface area contributed by atoms with Crippen molar-refractivity contribution >= 4 is 5.91 Å². The molecule has 23 heavy (non-hydrogen) atoms. The van der Waals surface area contributed by atoms with E-state index < -0.39 is 0 Å². The number of carbonyl (C=O) groups is 1. The monoisotopic (exact) mass is 315 g/mol. The maximum absolute atomic E-state index is 12.8. The van der Waals surface area contributed by atoms with Crippen molar-refractivity contribution in [3.63, 3.8) is 0 Å². The van der Waals surface area contributed by atoms with E-state index in [4.69, 9.17) is 4.74 Å². The fourth-order valence-corrected chi connectivity index (χ4v) is 4.48. The molecule has 1 aromatic rings. The van der Waals surface area contributed by atoms with Crippen LogP contribution in [0.1, 0.15) is 53.7 Å². The van der Waals surface area contributed by atoms with Crippen LogP contribution < -0.4 is 10.1 Å². The number of ether oxygens (including phenoxy) is 1. The Morgan fingerprint density at radius 1 is 1.26 bits per heavy atom. The first kappa shape index (κ1) is 14.9. The van der Waals surface area contributed by atoms with Gasteiger partial charge in [0.2, 0.25) is 5.88 Å². The van der Waals surface area contributed by atoms with Crippen molar-refractivity contribution in [3.8, 4) is 5.88 Å². The molecule has 2 atom stereocenters. The number of pyridine rings is 1. The number of nitrogens with zero attached hydrogens (tertiary/aromatic N) is 2. The lowest BCUT2D eigenvalue weighted by Gasteiger charge is -2.37. The van der Waals surface area contributed by atoms with E-state index in [1.807, 2.05) is 6.07 Å². The van der Waals surface area contributed by atoms with E-state index in [1.165, 1.54) is 37.9 Å². The SMILES string of the molecule is COc1nc2c(cc1C(=O)N[C@H]1CCCN3CCC[C@@H]13)CCC2. The molecular weight excluding hydrogens is 290 g/mol. The average Bonchev–Trinajstić information content (AvgIpc) is 3.22. The highest BCUT2D eigenvalue weighted by Gasteiger charge is 2.36. The number of aromatic nitrogens is 1. The van der Waals surface area contributed by atoms with Crippen LogP contribution in [-0.2, 0) is 12.8 Å². The van der Waals surface area contributed by atoms with Gasteiger partial charge in [-0.2, -0.15) is 0 Å². The normalized spacial score (nSPS) is 26.7. The number of aryl methyl sites for hydroxylation is 2. The molecule has 5 heteroatoms.